The number of thioether (sulfide) groups is 1. The van der Waals surface area contributed by atoms with Crippen LogP contribution < -0.4 is 4.90 Å². The summed E-state index contributed by atoms with van der Waals surface area (Å²) in [5, 5.41) is 10.9. The van der Waals surface area contributed by atoms with E-state index >= 15 is 0 Å². The third-order valence-electron chi connectivity index (χ3n) is 2.43. The fourth-order valence-corrected chi connectivity index (χ4v) is 2.69. The second-order valence-corrected chi connectivity index (χ2v) is 4.56. The Morgan fingerprint density at radius 3 is 2.82 bits per heavy atom. The van der Waals surface area contributed by atoms with Gasteiger partial charge < -0.3 is 0 Å². The van der Waals surface area contributed by atoms with E-state index in [4.69, 9.17) is 5.26 Å². The van der Waals surface area contributed by atoms with Gasteiger partial charge in [-0.05, 0) is 17.9 Å². The molecule has 0 aromatic heterocycles. The molecule has 0 saturated carbocycles. The van der Waals surface area contributed by atoms with E-state index in [0.29, 0.717) is 11.3 Å². The number of halogens is 2. The van der Waals surface area contributed by atoms with Crippen LogP contribution in [-0.2, 0) is 0 Å². The molecule has 0 saturated heterocycles. The molecule has 0 unspecified atom stereocenters. The molecule has 0 spiro atoms. The van der Waals surface area contributed by atoms with Gasteiger partial charge in [-0.1, -0.05) is 25.1 Å². The minimum absolute atomic E-state index is 0.157. The predicted molar refractivity (Wildman–Crippen MR) is 63.3 cm³/mol. The van der Waals surface area contributed by atoms with Gasteiger partial charge in [0.15, 0.2) is 12.0 Å². The highest BCUT2D eigenvalue weighted by Gasteiger charge is 2.24. The van der Waals surface area contributed by atoms with Gasteiger partial charge in [0.25, 0.3) is 0 Å². The quantitative estimate of drug-likeness (QED) is 0.744. The van der Waals surface area contributed by atoms with E-state index in [2.05, 4.69) is 0 Å². The SMILES string of the molecule is CCCC1=CSc2cc(F)cc(F)c2N1C#N. The Hall–Kier alpha value is -1.54. The molecule has 0 aliphatic carbocycles. The molecule has 0 bridgehead atoms. The molecule has 5 heteroatoms. The summed E-state index contributed by atoms with van der Waals surface area (Å²) in [5.41, 5.74) is 0.905. The molecular weight excluding hydrogens is 242 g/mol. The number of allylic oxidation sites excluding steroid dienone is 1. The standard InChI is InChI=1S/C12H10F2N2S/c1-2-3-9-6-17-11-5-8(13)4-10(14)12(11)16(9)7-15/h4-6H,2-3H2,1H3. The average Bonchev–Trinajstić information content (AvgIpc) is 2.29. The fraction of sp³-hybridized carbons (Fsp3) is 0.250. The maximum atomic E-state index is 13.7. The zero-order valence-electron chi connectivity index (χ0n) is 9.20. The van der Waals surface area contributed by atoms with Crippen LogP contribution in [0.25, 0.3) is 0 Å². The van der Waals surface area contributed by atoms with Crippen LogP contribution in [0.4, 0.5) is 14.5 Å². The van der Waals surface area contributed by atoms with E-state index in [1.807, 2.05) is 13.1 Å². The normalized spacial score (nSPS) is 14.0. The van der Waals surface area contributed by atoms with Crippen molar-refractivity contribution in [2.75, 3.05) is 4.90 Å². The number of fused-ring (bicyclic) bond motifs is 1. The van der Waals surface area contributed by atoms with Crippen LogP contribution in [0.15, 0.2) is 28.1 Å². The smallest absolute Gasteiger partial charge is 0.189 e. The Balaban J connectivity index is 2.50. The number of rotatable bonds is 2. The average molecular weight is 252 g/mol. The number of nitrogens with zero attached hydrogens (tertiary/aromatic N) is 2. The van der Waals surface area contributed by atoms with E-state index < -0.39 is 11.6 Å². The van der Waals surface area contributed by atoms with Crippen molar-refractivity contribution < 1.29 is 8.78 Å². The van der Waals surface area contributed by atoms with Crippen LogP contribution in [-0.4, -0.2) is 0 Å². The molecule has 0 radical (unpaired) electrons. The molecule has 0 amide bonds. The molecule has 1 heterocycles. The summed E-state index contributed by atoms with van der Waals surface area (Å²) in [6.07, 6.45) is 3.50. The lowest BCUT2D eigenvalue weighted by molar-refractivity contribution is 0.577. The Bertz CT molecular complexity index is 520. The third-order valence-corrected chi connectivity index (χ3v) is 3.39. The number of benzene rings is 1. The summed E-state index contributed by atoms with van der Waals surface area (Å²) in [6.45, 7) is 1.98. The van der Waals surface area contributed by atoms with Crippen molar-refractivity contribution in [1.29, 1.82) is 5.26 Å². The lowest BCUT2D eigenvalue weighted by atomic mass is 10.2. The van der Waals surface area contributed by atoms with Crippen LogP contribution in [0.1, 0.15) is 19.8 Å². The Labute approximate surface area is 103 Å². The lowest BCUT2D eigenvalue weighted by Crippen LogP contribution is -2.20. The van der Waals surface area contributed by atoms with Crippen LogP contribution in [0, 0.1) is 23.1 Å². The third kappa shape index (κ3) is 2.13. The highest BCUT2D eigenvalue weighted by Crippen LogP contribution is 2.41. The first-order chi connectivity index (χ1) is 8.17. The number of hydrogen-bond acceptors (Lipinski definition) is 3. The maximum absolute atomic E-state index is 13.7. The minimum atomic E-state index is -0.698. The molecular formula is C12H10F2N2S. The van der Waals surface area contributed by atoms with E-state index in [-0.39, 0.29) is 5.69 Å². The van der Waals surface area contributed by atoms with E-state index in [0.717, 1.165) is 18.2 Å². The van der Waals surface area contributed by atoms with Crippen LogP contribution in [0.2, 0.25) is 0 Å². The van der Waals surface area contributed by atoms with Crippen LogP contribution in [0.5, 0.6) is 0 Å². The zero-order chi connectivity index (χ0) is 12.4. The fourth-order valence-electron chi connectivity index (χ4n) is 1.72. The molecule has 1 aromatic rings. The lowest BCUT2D eigenvalue weighted by Gasteiger charge is -2.25. The number of hydrogen-bond donors (Lipinski definition) is 0. The topological polar surface area (TPSA) is 27.0 Å². The first kappa shape index (κ1) is 11.9. The molecule has 0 fully saturated rings. The molecule has 1 aliphatic heterocycles. The van der Waals surface area contributed by atoms with Gasteiger partial charge >= 0.3 is 0 Å². The monoisotopic (exact) mass is 252 g/mol. The van der Waals surface area contributed by atoms with Gasteiger partial charge in [0.05, 0.1) is 0 Å². The first-order valence-electron chi connectivity index (χ1n) is 5.22. The second-order valence-electron chi connectivity index (χ2n) is 3.65. The first-order valence-corrected chi connectivity index (χ1v) is 6.10. The summed E-state index contributed by atoms with van der Waals surface area (Å²) < 4.78 is 26.8. The van der Waals surface area contributed by atoms with Gasteiger partial charge in [-0.3, -0.25) is 0 Å². The van der Waals surface area contributed by atoms with Crippen molar-refractivity contribution in [3.8, 4) is 6.19 Å². The Kier molecular flexibility index (Phi) is 3.34. The van der Waals surface area contributed by atoms with Gasteiger partial charge in [0.1, 0.15) is 11.5 Å². The maximum Gasteiger partial charge on any atom is 0.189 e. The Morgan fingerprint density at radius 1 is 1.41 bits per heavy atom. The number of nitriles is 1. The van der Waals surface area contributed by atoms with E-state index in [1.54, 1.807) is 5.41 Å². The zero-order valence-corrected chi connectivity index (χ0v) is 10.0. The number of anilines is 1. The molecule has 2 rings (SSSR count). The van der Waals surface area contributed by atoms with Crippen molar-refractivity contribution >= 4 is 17.4 Å². The van der Waals surface area contributed by atoms with Gasteiger partial charge in [0, 0.05) is 16.7 Å². The van der Waals surface area contributed by atoms with E-state index in [1.165, 1.54) is 22.7 Å². The van der Waals surface area contributed by atoms with Crippen molar-refractivity contribution in [3.05, 3.63) is 34.9 Å². The summed E-state index contributed by atoms with van der Waals surface area (Å²) in [5.74, 6) is -1.32. The molecule has 0 N–H and O–H groups in total. The van der Waals surface area contributed by atoms with Crippen molar-refractivity contribution in [3.63, 3.8) is 0 Å². The van der Waals surface area contributed by atoms with Gasteiger partial charge in [0.2, 0.25) is 0 Å². The predicted octanol–water partition coefficient (Wildman–Crippen LogP) is 4.00. The summed E-state index contributed by atoms with van der Waals surface area (Å²) in [6, 6.07) is 2.05. The van der Waals surface area contributed by atoms with Gasteiger partial charge in [-0.2, -0.15) is 5.26 Å². The summed E-state index contributed by atoms with van der Waals surface area (Å²) in [7, 11) is 0. The largest absolute Gasteiger partial charge is 0.247 e. The van der Waals surface area contributed by atoms with Crippen LogP contribution in [0.3, 0.4) is 0 Å². The molecule has 17 heavy (non-hydrogen) atoms. The molecule has 2 nitrogen and oxygen atoms in total. The molecule has 1 aromatic carbocycles. The second kappa shape index (κ2) is 4.76. The van der Waals surface area contributed by atoms with Crippen molar-refractivity contribution in [2.24, 2.45) is 0 Å². The summed E-state index contributed by atoms with van der Waals surface area (Å²) >= 11 is 1.25. The summed E-state index contributed by atoms with van der Waals surface area (Å²) in [4.78, 5) is 1.67. The van der Waals surface area contributed by atoms with Gasteiger partial charge in [-0.15, -0.1) is 0 Å². The van der Waals surface area contributed by atoms with E-state index in [9.17, 15) is 8.78 Å². The van der Waals surface area contributed by atoms with Crippen molar-refractivity contribution in [2.45, 2.75) is 24.7 Å². The van der Waals surface area contributed by atoms with Crippen molar-refractivity contribution in [1.82, 2.24) is 0 Å². The Morgan fingerprint density at radius 2 is 2.18 bits per heavy atom. The highest BCUT2D eigenvalue weighted by molar-refractivity contribution is 8.02. The minimum Gasteiger partial charge on any atom is -0.247 e. The highest BCUT2D eigenvalue weighted by atomic mass is 32.2. The van der Waals surface area contributed by atoms with Gasteiger partial charge in [-0.25, -0.2) is 13.7 Å². The molecule has 88 valence electrons. The molecule has 1 aliphatic rings. The molecule has 0 atom stereocenters. The van der Waals surface area contributed by atoms with Crippen LogP contribution >= 0.6 is 11.8 Å².